The van der Waals surface area contributed by atoms with Crippen LogP contribution in [-0.4, -0.2) is 23.9 Å². The fraction of sp³-hybridized carbons (Fsp3) is 0.429. The zero-order chi connectivity index (χ0) is 15.9. The average molecular weight is 350 g/mol. The third-order valence-electron chi connectivity index (χ3n) is 3.48. The summed E-state index contributed by atoms with van der Waals surface area (Å²) in [6.45, 7) is 5.38. The van der Waals surface area contributed by atoms with Gasteiger partial charge in [0.2, 0.25) is 5.91 Å². The predicted octanol–water partition coefficient (Wildman–Crippen LogP) is 3.52. The zero-order valence-corrected chi connectivity index (χ0v) is 14.1. The molecule has 1 heterocycles. The summed E-state index contributed by atoms with van der Waals surface area (Å²) in [6, 6.07) is 1.73. The van der Waals surface area contributed by atoms with Crippen molar-refractivity contribution in [3.05, 3.63) is 27.2 Å². The highest BCUT2D eigenvalue weighted by molar-refractivity contribution is 6.44. The number of nitrogens with zero attached hydrogens (tertiary/aromatic N) is 1. The van der Waals surface area contributed by atoms with E-state index in [4.69, 9.17) is 34.8 Å². The fourth-order valence-corrected chi connectivity index (χ4v) is 2.90. The van der Waals surface area contributed by atoms with Gasteiger partial charge in [-0.25, -0.2) is 0 Å². The second kappa shape index (κ2) is 6.03. The van der Waals surface area contributed by atoms with Crippen LogP contribution in [0.1, 0.15) is 20.8 Å². The highest BCUT2D eigenvalue weighted by Gasteiger charge is 2.41. The van der Waals surface area contributed by atoms with Crippen LogP contribution in [0.2, 0.25) is 15.1 Å². The summed E-state index contributed by atoms with van der Waals surface area (Å²) in [4.78, 5) is 26.1. The van der Waals surface area contributed by atoms with Gasteiger partial charge in [-0.05, 0) is 25.0 Å². The van der Waals surface area contributed by atoms with E-state index in [9.17, 15) is 9.59 Å². The molecule has 1 fully saturated rings. The van der Waals surface area contributed by atoms with Gasteiger partial charge < -0.3 is 5.32 Å². The van der Waals surface area contributed by atoms with Gasteiger partial charge in [-0.2, -0.15) is 0 Å². The average Bonchev–Trinajstić information content (AvgIpc) is 2.39. The molecule has 2 amide bonds. The van der Waals surface area contributed by atoms with Gasteiger partial charge in [0.25, 0.3) is 5.91 Å². The lowest BCUT2D eigenvalue weighted by atomic mass is 9.98. The summed E-state index contributed by atoms with van der Waals surface area (Å²) in [6.07, 6.45) is 0. The standard InChI is InChI=1S/C14H15Cl3N2O2/c1-6(2)12-14(21)19(7(3)13(20)18-12)11-5-9(16)8(15)4-10(11)17/h4-7,12H,1-3H3,(H,18,20). The van der Waals surface area contributed by atoms with E-state index >= 15 is 0 Å². The molecule has 0 bridgehead atoms. The number of piperazine rings is 1. The first kappa shape index (κ1) is 16.4. The number of rotatable bonds is 2. The molecule has 1 aromatic carbocycles. The van der Waals surface area contributed by atoms with Crippen molar-refractivity contribution < 1.29 is 9.59 Å². The summed E-state index contributed by atoms with van der Waals surface area (Å²) in [5.74, 6) is -0.467. The van der Waals surface area contributed by atoms with Gasteiger partial charge in [-0.3, -0.25) is 14.5 Å². The van der Waals surface area contributed by atoms with Gasteiger partial charge in [-0.1, -0.05) is 48.7 Å². The van der Waals surface area contributed by atoms with Crippen molar-refractivity contribution in [3.8, 4) is 0 Å². The molecular formula is C14H15Cl3N2O2. The maximum atomic E-state index is 12.6. The van der Waals surface area contributed by atoms with E-state index in [1.165, 1.54) is 17.0 Å². The maximum Gasteiger partial charge on any atom is 0.250 e. The summed E-state index contributed by atoms with van der Waals surface area (Å²) in [5, 5.41) is 3.59. The summed E-state index contributed by atoms with van der Waals surface area (Å²) in [7, 11) is 0. The largest absolute Gasteiger partial charge is 0.342 e. The molecule has 0 radical (unpaired) electrons. The third kappa shape index (κ3) is 2.98. The predicted molar refractivity (Wildman–Crippen MR) is 85.2 cm³/mol. The Bertz CT molecular complexity index is 604. The molecule has 7 heteroatoms. The first-order valence-corrected chi connectivity index (χ1v) is 7.65. The molecule has 21 heavy (non-hydrogen) atoms. The van der Waals surface area contributed by atoms with Crippen LogP contribution in [-0.2, 0) is 9.59 Å². The minimum absolute atomic E-state index is 0.0296. The van der Waals surface area contributed by atoms with E-state index in [0.29, 0.717) is 10.7 Å². The number of nitrogens with one attached hydrogen (secondary N) is 1. The molecule has 2 unspecified atom stereocenters. The van der Waals surface area contributed by atoms with Crippen LogP contribution in [0.15, 0.2) is 12.1 Å². The smallest absolute Gasteiger partial charge is 0.250 e. The maximum absolute atomic E-state index is 12.6. The number of halogens is 3. The number of carbonyl (C=O) groups is 2. The number of amides is 2. The summed E-state index contributed by atoms with van der Waals surface area (Å²) >= 11 is 18.1. The lowest BCUT2D eigenvalue weighted by Gasteiger charge is -2.39. The second-order valence-corrected chi connectivity index (χ2v) is 6.55. The number of hydrogen-bond acceptors (Lipinski definition) is 2. The molecular weight excluding hydrogens is 335 g/mol. The van der Waals surface area contributed by atoms with Crippen molar-refractivity contribution in [2.45, 2.75) is 32.9 Å². The van der Waals surface area contributed by atoms with Crippen LogP contribution < -0.4 is 10.2 Å². The zero-order valence-electron chi connectivity index (χ0n) is 11.8. The molecule has 2 atom stereocenters. The lowest BCUT2D eigenvalue weighted by Crippen LogP contribution is -2.64. The molecule has 0 aromatic heterocycles. The summed E-state index contributed by atoms with van der Waals surface area (Å²) < 4.78 is 0. The van der Waals surface area contributed by atoms with Gasteiger partial charge in [0.1, 0.15) is 12.1 Å². The van der Waals surface area contributed by atoms with Gasteiger partial charge in [0, 0.05) is 0 Å². The van der Waals surface area contributed by atoms with Gasteiger partial charge in [0.05, 0.1) is 20.8 Å². The van der Waals surface area contributed by atoms with Crippen molar-refractivity contribution in [1.82, 2.24) is 5.32 Å². The first-order chi connectivity index (χ1) is 9.73. The van der Waals surface area contributed by atoms with Crippen molar-refractivity contribution in [1.29, 1.82) is 0 Å². The van der Waals surface area contributed by atoms with Gasteiger partial charge >= 0.3 is 0 Å². The fourth-order valence-electron chi connectivity index (χ4n) is 2.27. The van der Waals surface area contributed by atoms with Crippen LogP contribution >= 0.6 is 34.8 Å². The third-order valence-corrected chi connectivity index (χ3v) is 4.51. The molecule has 1 aromatic rings. The van der Waals surface area contributed by atoms with E-state index in [1.807, 2.05) is 13.8 Å². The minimum atomic E-state index is -0.665. The monoisotopic (exact) mass is 348 g/mol. The van der Waals surface area contributed by atoms with Crippen molar-refractivity contribution in [2.24, 2.45) is 5.92 Å². The quantitative estimate of drug-likeness (QED) is 0.831. The van der Waals surface area contributed by atoms with Crippen LogP contribution in [0.5, 0.6) is 0 Å². The van der Waals surface area contributed by atoms with E-state index in [2.05, 4.69) is 5.32 Å². The Balaban J connectivity index is 2.51. The minimum Gasteiger partial charge on any atom is -0.342 e. The number of hydrogen-bond donors (Lipinski definition) is 1. The van der Waals surface area contributed by atoms with Gasteiger partial charge in [-0.15, -0.1) is 0 Å². The molecule has 0 aliphatic carbocycles. The normalized spacial score (nSPS) is 22.7. The van der Waals surface area contributed by atoms with Crippen molar-refractivity contribution in [3.63, 3.8) is 0 Å². The summed E-state index contributed by atoms with van der Waals surface area (Å²) in [5.41, 5.74) is 0.393. The number of benzene rings is 1. The highest BCUT2D eigenvalue weighted by Crippen LogP contribution is 2.36. The Hall–Kier alpha value is -0.970. The number of anilines is 1. The Morgan fingerprint density at radius 1 is 1.10 bits per heavy atom. The molecule has 0 saturated carbocycles. The van der Waals surface area contributed by atoms with Crippen molar-refractivity contribution in [2.75, 3.05) is 4.90 Å². The Labute approximate surface area is 138 Å². The molecule has 4 nitrogen and oxygen atoms in total. The van der Waals surface area contributed by atoms with Gasteiger partial charge in [0.15, 0.2) is 0 Å². The molecule has 0 spiro atoms. The Kier molecular flexibility index (Phi) is 4.71. The van der Waals surface area contributed by atoms with Crippen LogP contribution in [0.4, 0.5) is 5.69 Å². The Morgan fingerprint density at radius 3 is 2.24 bits per heavy atom. The lowest BCUT2D eigenvalue weighted by molar-refractivity contribution is -0.134. The van der Waals surface area contributed by atoms with E-state index in [0.717, 1.165) is 0 Å². The van der Waals surface area contributed by atoms with E-state index < -0.39 is 12.1 Å². The second-order valence-electron chi connectivity index (χ2n) is 5.33. The molecule has 114 valence electrons. The molecule has 1 aliphatic heterocycles. The topological polar surface area (TPSA) is 49.4 Å². The van der Waals surface area contributed by atoms with E-state index in [-0.39, 0.29) is 27.8 Å². The van der Waals surface area contributed by atoms with Crippen molar-refractivity contribution >= 4 is 52.3 Å². The first-order valence-electron chi connectivity index (χ1n) is 6.52. The Morgan fingerprint density at radius 2 is 1.67 bits per heavy atom. The molecule has 1 aliphatic rings. The molecule has 2 rings (SSSR count). The number of carbonyl (C=O) groups excluding carboxylic acids is 2. The SMILES string of the molecule is CC(C)C1NC(=O)C(C)N(c2cc(Cl)c(Cl)cc2Cl)C1=O. The van der Waals surface area contributed by atoms with E-state index in [1.54, 1.807) is 6.92 Å². The highest BCUT2D eigenvalue weighted by atomic mass is 35.5. The van der Waals surface area contributed by atoms with Crippen LogP contribution in [0.25, 0.3) is 0 Å². The van der Waals surface area contributed by atoms with Crippen LogP contribution in [0, 0.1) is 5.92 Å². The van der Waals surface area contributed by atoms with Crippen LogP contribution in [0.3, 0.4) is 0 Å². The molecule has 1 N–H and O–H groups in total. The molecule has 1 saturated heterocycles.